The van der Waals surface area contributed by atoms with E-state index in [-0.39, 0.29) is 0 Å². The van der Waals surface area contributed by atoms with Gasteiger partial charge in [-0.15, -0.1) is 5.10 Å². The second kappa shape index (κ2) is 5.31. The quantitative estimate of drug-likeness (QED) is 0.906. The van der Waals surface area contributed by atoms with Crippen LogP contribution in [0.2, 0.25) is 0 Å². The Labute approximate surface area is 114 Å². The first-order chi connectivity index (χ1) is 8.93. The lowest BCUT2D eigenvalue weighted by Crippen LogP contribution is -2.38. The number of hydrogen-bond donors (Lipinski definition) is 1. The fraction of sp³-hybridized carbons (Fsp3) is 0.786. The van der Waals surface area contributed by atoms with Gasteiger partial charge in [0.1, 0.15) is 0 Å². The zero-order valence-corrected chi connectivity index (χ0v) is 12.0. The Balaban J connectivity index is 2.10. The molecule has 1 aromatic rings. The van der Waals surface area contributed by atoms with Crippen molar-refractivity contribution in [2.24, 2.45) is 24.3 Å². The standard InChI is InChI=1S/C14H23N3O2/c1-10(2)11-4-6-14(7-5-11,13(18)19)8-12-9-17(3)16-15-12/h9-11H,4-8H2,1-3H3,(H,18,19). The molecule has 1 saturated carbocycles. The van der Waals surface area contributed by atoms with Crippen LogP contribution in [0.5, 0.6) is 0 Å². The number of hydrogen-bond acceptors (Lipinski definition) is 3. The summed E-state index contributed by atoms with van der Waals surface area (Å²) in [6, 6.07) is 0. The van der Waals surface area contributed by atoms with Gasteiger partial charge in [0.05, 0.1) is 11.1 Å². The van der Waals surface area contributed by atoms with Gasteiger partial charge < -0.3 is 5.11 Å². The van der Waals surface area contributed by atoms with Crippen LogP contribution in [0.1, 0.15) is 45.2 Å². The number of rotatable bonds is 4. The Morgan fingerprint density at radius 1 is 1.53 bits per heavy atom. The van der Waals surface area contributed by atoms with Crippen LogP contribution in [-0.2, 0) is 18.3 Å². The van der Waals surface area contributed by atoms with E-state index in [0.29, 0.717) is 18.3 Å². The third kappa shape index (κ3) is 2.96. The summed E-state index contributed by atoms with van der Waals surface area (Å²) in [5.74, 6) is 0.623. The lowest BCUT2D eigenvalue weighted by Gasteiger charge is -2.37. The molecule has 1 fully saturated rings. The third-order valence-corrected chi connectivity index (χ3v) is 4.55. The maximum absolute atomic E-state index is 11.7. The molecule has 5 nitrogen and oxygen atoms in total. The highest BCUT2D eigenvalue weighted by Gasteiger charge is 2.43. The first kappa shape index (κ1) is 14.0. The average molecular weight is 265 g/mol. The summed E-state index contributed by atoms with van der Waals surface area (Å²) in [5.41, 5.74) is 0.148. The van der Waals surface area contributed by atoms with Gasteiger partial charge in [-0.3, -0.25) is 9.48 Å². The highest BCUT2D eigenvalue weighted by Crippen LogP contribution is 2.43. The van der Waals surface area contributed by atoms with Crippen molar-refractivity contribution in [2.45, 2.75) is 46.0 Å². The summed E-state index contributed by atoms with van der Waals surface area (Å²) in [5, 5.41) is 17.6. The molecule has 1 aliphatic carbocycles. The van der Waals surface area contributed by atoms with Crippen molar-refractivity contribution in [2.75, 3.05) is 0 Å². The number of carboxylic acids is 1. The second-order valence-electron chi connectivity index (χ2n) is 6.23. The van der Waals surface area contributed by atoms with Crippen LogP contribution in [0.4, 0.5) is 0 Å². The van der Waals surface area contributed by atoms with Gasteiger partial charge in [0.2, 0.25) is 0 Å². The predicted octanol–water partition coefficient (Wildman–Crippen LogP) is 2.27. The van der Waals surface area contributed by atoms with Gasteiger partial charge >= 0.3 is 5.97 Å². The molecule has 0 atom stereocenters. The summed E-state index contributed by atoms with van der Waals surface area (Å²) in [4.78, 5) is 11.7. The smallest absolute Gasteiger partial charge is 0.310 e. The van der Waals surface area contributed by atoms with Crippen molar-refractivity contribution in [3.63, 3.8) is 0 Å². The van der Waals surface area contributed by atoms with E-state index in [1.807, 2.05) is 6.20 Å². The van der Waals surface area contributed by atoms with Crippen LogP contribution < -0.4 is 0 Å². The molecular formula is C14H23N3O2. The zero-order valence-electron chi connectivity index (χ0n) is 12.0. The number of carbonyl (C=O) groups is 1. The summed E-state index contributed by atoms with van der Waals surface area (Å²) in [7, 11) is 1.81. The van der Waals surface area contributed by atoms with Gasteiger partial charge in [0, 0.05) is 19.7 Å². The summed E-state index contributed by atoms with van der Waals surface area (Å²) in [6.45, 7) is 4.45. The molecular weight excluding hydrogens is 242 g/mol. The van der Waals surface area contributed by atoms with Crippen LogP contribution in [0.15, 0.2) is 6.20 Å². The highest BCUT2D eigenvalue weighted by atomic mass is 16.4. The molecule has 106 valence electrons. The van der Waals surface area contributed by atoms with Gasteiger partial charge in [0.25, 0.3) is 0 Å². The Kier molecular flexibility index (Phi) is 3.92. The predicted molar refractivity (Wildman–Crippen MR) is 71.6 cm³/mol. The zero-order chi connectivity index (χ0) is 14.0. The van der Waals surface area contributed by atoms with Crippen LogP contribution in [0.3, 0.4) is 0 Å². The minimum atomic E-state index is -0.680. The summed E-state index contributed by atoms with van der Waals surface area (Å²) in [6.07, 6.45) is 5.83. The fourth-order valence-corrected chi connectivity index (χ4v) is 3.15. The van der Waals surface area contributed by atoms with Gasteiger partial charge in [-0.1, -0.05) is 19.1 Å². The van der Waals surface area contributed by atoms with E-state index in [4.69, 9.17) is 0 Å². The first-order valence-corrected chi connectivity index (χ1v) is 7.01. The maximum Gasteiger partial charge on any atom is 0.310 e. The van der Waals surface area contributed by atoms with Crippen LogP contribution in [0.25, 0.3) is 0 Å². The SMILES string of the molecule is CC(C)C1CCC(Cc2cn(C)nn2)(C(=O)O)CC1. The topological polar surface area (TPSA) is 68.0 Å². The van der Waals surface area contributed by atoms with E-state index in [2.05, 4.69) is 24.2 Å². The van der Waals surface area contributed by atoms with Gasteiger partial charge in [-0.2, -0.15) is 0 Å². The molecule has 0 unspecified atom stereocenters. The largest absolute Gasteiger partial charge is 0.481 e. The molecule has 0 aromatic carbocycles. The Morgan fingerprint density at radius 2 is 2.16 bits per heavy atom. The number of nitrogens with zero attached hydrogens (tertiary/aromatic N) is 3. The van der Waals surface area contributed by atoms with Crippen molar-refractivity contribution >= 4 is 5.97 Å². The lowest BCUT2D eigenvalue weighted by molar-refractivity contribution is -0.152. The monoisotopic (exact) mass is 265 g/mol. The molecule has 1 aromatic heterocycles. The minimum absolute atomic E-state index is 0.501. The van der Waals surface area contributed by atoms with E-state index in [0.717, 1.165) is 31.4 Å². The Hall–Kier alpha value is -1.39. The van der Waals surface area contributed by atoms with Gasteiger partial charge in [-0.05, 0) is 37.5 Å². The minimum Gasteiger partial charge on any atom is -0.481 e. The molecule has 1 heterocycles. The first-order valence-electron chi connectivity index (χ1n) is 7.01. The van der Waals surface area contributed by atoms with Crippen LogP contribution in [-0.4, -0.2) is 26.1 Å². The van der Waals surface area contributed by atoms with Crippen molar-refractivity contribution in [3.8, 4) is 0 Å². The van der Waals surface area contributed by atoms with E-state index in [1.165, 1.54) is 0 Å². The maximum atomic E-state index is 11.7. The normalized spacial score (nSPS) is 27.7. The van der Waals surface area contributed by atoms with E-state index >= 15 is 0 Å². The molecule has 0 radical (unpaired) electrons. The van der Waals surface area contributed by atoms with Crippen LogP contribution in [0, 0.1) is 17.3 Å². The molecule has 1 aliphatic rings. The number of aromatic nitrogens is 3. The third-order valence-electron chi connectivity index (χ3n) is 4.55. The Bertz CT molecular complexity index is 445. The van der Waals surface area contributed by atoms with Crippen LogP contribution >= 0.6 is 0 Å². The van der Waals surface area contributed by atoms with Gasteiger partial charge in [0.15, 0.2) is 0 Å². The molecule has 0 spiro atoms. The number of aliphatic carboxylic acids is 1. The second-order valence-corrected chi connectivity index (χ2v) is 6.23. The summed E-state index contributed by atoms with van der Waals surface area (Å²) < 4.78 is 1.63. The van der Waals surface area contributed by atoms with Gasteiger partial charge in [-0.25, -0.2) is 0 Å². The molecule has 5 heteroatoms. The molecule has 0 saturated heterocycles. The Morgan fingerprint density at radius 3 is 2.58 bits per heavy atom. The molecule has 0 bridgehead atoms. The van der Waals surface area contributed by atoms with Crippen molar-refractivity contribution in [3.05, 3.63) is 11.9 Å². The number of carboxylic acid groups (broad SMARTS) is 1. The van der Waals surface area contributed by atoms with Crippen molar-refractivity contribution in [1.82, 2.24) is 15.0 Å². The molecule has 0 amide bonds. The van der Waals surface area contributed by atoms with Crippen molar-refractivity contribution < 1.29 is 9.90 Å². The average Bonchev–Trinajstić information content (AvgIpc) is 2.75. The number of aryl methyl sites for hydroxylation is 1. The fourth-order valence-electron chi connectivity index (χ4n) is 3.15. The summed E-state index contributed by atoms with van der Waals surface area (Å²) >= 11 is 0. The molecule has 2 rings (SSSR count). The molecule has 19 heavy (non-hydrogen) atoms. The molecule has 1 N–H and O–H groups in total. The molecule has 0 aliphatic heterocycles. The van der Waals surface area contributed by atoms with E-state index in [1.54, 1.807) is 11.7 Å². The highest BCUT2D eigenvalue weighted by molar-refractivity contribution is 5.75. The lowest BCUT2D eigenvalue weighted by atomic mass is 9.66. The van der Waals surface area contributed by atoms with E-state index < -0.39 is 11.4 Å². The van der Waals surface area contributed by atoms with Crippen molar-refractivity contribution in [1.29, 1.82) is 0 Å². The van der Waals surface area contributed by atoms with E-state index in [9.17, 15) is 9.90 Å².